The van der Waals surface area contributed by atoms with Crippen molar-refractivity contribution in [1.82, 2.24) is 0 Å². The van der Waals surface area contributed by atoms with Crippen LogP contribution in [-0.4, -0.2) is 37.3 Å². The molecule has 0 saturated heterocycles. The topological polar surface area (TPSA) is 47.9 Å². The van der Waals surface area contributed by atoms with Crippen molar-refractivity contribution in [2.75, 3.05) is 20.3 Å². The minimum Gasteiger partial charge on any atom is -0.501 e. The second-order valence-electron chi connectivity index (χ2n) is 11.7. The molecule has 4 heteroatoms. The number of hydrogen-bond donors (Lipinski definition) is 1. The van der Waals surface area contributed by atoms with Crippen molar-refractivity contribution in [1.29, 1.82) is 0 Å². The third-order valence-corrected chi connectivity index (χ3v) is 10.6. The van der Waals surface area contributed by atoms with E-state index < -0.39 is 5.60 Å². The van der Waals surface area contributed by atoms with Crippen LogP contribution in [0.1, 0.15) is 79.1 Å². The van der Waals surface area contributed by atoms with E-state index in [-0.39, 0.29) is 17.1 Å². The lowest BCUT2D eigenvalue weighted by molar-refractivity contribution is -0.175. The van der Waals surface area contributed by atoms with Crippen LogP contribution in [0.4, 0.5) is 0 Å². The van der Waals surface area contributed by atoms with Gasteiger partial charge < -0.3 is 19.3 Å². The lowest BCUT2D eigenvalue weighted by Gasteiger charge is -2.59. The van der Waals surface area contributed by atoms with Gasteiger partial charge in [-0.15, -0.1) is 0 Å². The first-order chi connectivity index (χ1) is 15.3. The average Bonchev–Trinajstić information content (AvgIpc) is 3.54. The molecule has 8 atom stereocenters. The summed E-state index contributed by atoms with van der Waals surface area (Å²) in [6.45, 7) is 10.3. The van der Waals surface area contributed by atoms with E-state index in [1.165, 1.54) is 31.3 Å². The maximum absolute atomic E-state index is 12.2. The second-order valence-corrected chi connectivity index (χ2v) is 11.7. The molecule has 0 amide bonds. The average molecular weight is 445 g/mol. The van der Waals surface area contributed by atoms with Crippen molar-refractivity contribution >= 4 is 0 Å². The summed E-state index contributed by atoms with van der Waals surface area (Å²) < 4.78 is 17.3. The van der Waals surface area contributed by atoms with Gasteiger partial charge in [-0.1, -0.05) is 19.9 Å². The van der Waals surface area contributed by atoms with Gasteiger partial charge in [-0.3, -0.25) is 0 Å². The van der Waals surface area contributed by atoms with Gasteiger partial charge in [0, 0.05) is 26.1 Å². The zero-order chi connectivity index (χ0) is 22.7. The molecule has 0 aromatic heterocycles. The molecule has 32 heavy (non-hydrogen) atoms. The Kier molecular flexibility index (Phi) is 5.83. The van der Waals surface area contributed by atoms with E-state index in [2.05, 4.69) is 26.0 Å². The molecule has 0 aromatic carbocycles. The summed E-state index contributed by atoms with van der Waals surface area (Å²) in [7, 11) is 1.81. The van der Waals surface area contributed by atoms with Gasteiger partial charge in [0.1, 0.15) is 0 Å². The molecule has 0 aromatic rings. The molecule has 5 aliphatic carbocycles. The minimum atomic E-state index is -0.569. The molecule has 0 spiro atoms. The van der Waals surface area contributed by atoms with E-state index >= 15 is 0 Å². The Morgan fingerprint density at radius 2 is 1.84 bits per heavy atom. The third kappa shape index (κ3) is 3.19. The van der Waals surface area contributed by atoms with Crippen LogP contribution in [0.3, 0.4) is 0 Å². The van der Waals surface area contributed by atoms with Crippen molar-refractivity contribution in [3.63, 3.8) is 0 Å². The highest BCUT2D eigenvalue weighted by atomic mass is 16.7. The van der Waals surface area contributed by atoms with Crippen LogP contribution in [0.5, 0.6) is 0 Å². The molecule has 1 N–H and O–H groups in total. The maximum Gasteiger partial charge on any atom is 0.157 e. The Morgan fingerprint density at radius 1 is 1.09 bits per heavy atom. The van der Waals surface area contributed by atoms with Crippen molar-refractivity contribution in [2.24, 2.45) is 40.4 Å². The largest absolute Gasteiger partial charge is 0.501 e. The zero-order valence-corrected chi connectivity index (χ0v) is 20.9. The lowest BCUT2D eigenvalue weighted by Crippen LogP contribution is -2.56. The molecular formula is C28H44O4. The van der Waals surface area contributed by atoms with Gasteiger partial charge in [0.25, 0.3) is 0 Å². The molecule has 0 bridgehead atoms. The van der Waals surface area contributed by atoms with E-state index in [0.717, 1.165) is 37.4 Å². The first-order valence-corrected chi connectivity index (χ1v) is 13.2. The molecule has 5 aliphatic rings. The van der Waals surface area contributed by atoms with Crippen LogP contribution in [0, 0.1) is 40.4 Å². The van der Waals surface area contributed by atoms with Crippen molar-refractivity contribution in [2.45, 2.75) is 91.0 Å². The van der Waals surface area contributed by atoms with Crippen LogP contribution in [0.2, 0.25) is 0 Å². The lowest BCUT2D eigenvalue weighted by atomic mass is 9.46. The highest BCUT2D eigenvalue weighted by Crippen LogP contribution is 2.77. The van der Waals surface area contributed by atoms with Gasteiger partial charge in [-0.2, -0.15) is 0 Å². The van der Waals surface area contributed by atoms with E-state index in [4.69, 9.17) is 14.2 Å². The van der Waals surface area contributed by atoms with Crippen LogP contribution in [0.15, 0.2) is 23.5 Å². The first kappa shape index (κ1) is 22.9. The Morgan fingerprint density at radius 3 is 2.53 bits per heavy atom. The number of rotatable bonds is 8. The standard InChI is InChI=1S/C28H44O4/c1-6-31-24(32-7-2)12-15-28(29)23-17-21(23)25-20-9-8-18-16-19(30-5)10-13-26(18,3)22(20)11-14-27(25,28)4/h8,16,20-25,29H,6-7,9-15,17H2,1-5H3/t20-,21-,22+,23+,25-,26+,27+,28+/m1/s1. The number of aliphatic hydroxyl groups is 1. The number of methoxy groups -OCH3 is 1. The summed E-state index contributed by atoms with van der Waals surface area (Å²) >= 11 is 0. The van der Waals surface area contributed by atoms with E-state index in [1.807, 2.05) is 13.8 Å². The second kappa shape index (κ2) is 8.13. The van der Waals surface area contributed by atoms with E-state index in [0.29, 0.717) is 36.9 Å². The van der Waals surface area contributed by atoms with E-state index in [9.17, 15) is 5.11 Å². The summed E-state index contributed by atoms with van der Waals surface area (Å²) in [4.78, 5) is 0. The molecule has 0 heterocycles. The summed E-state index contributed by atoms with van der Waals surface area (Å²) in [6, 6.07) is 0. The number of hydrogen-bond acceptors (Lipinski definition) is 4. The summed E-state index contributed by atoms with van der Waals surface area (Å²) in [5, 5.41) is 12.2. The molecular weight excluding hydrogens is 400 g/mol. The fraction of sp³-hybridized carbons (Fsp3) is 0.857. The van der Waals surface area contributed by atoms with Gasteiger partial charge in [0.15, 0.2) is 6.29 Å². The fourth-order valence-corrected chi connectivity index (χ4v) is 8.99. The molecule has 5 rings (SSSR count). The van der Waals surface area contributed by atoms with Crippen molar-refractivity contribution < 1.29 is 19.3 Å². The summed E-state index contributed by atoms with van der Waals surface area (Å²) in [5.74, 6) is 4.42. The Hall–Kier alpha value is -0.840. The van der Waals surface area contributed by atoms with Crippen LogP contribution in [0.25, 0.3) is 0 Å². The normalized spacial score (nSPS) is 46.5. The molecule has 180 valence electrons. The Balaban J connectivity index is 1.39. The molecule has 0 unspecified atom stereocenters. The highest BCUT2D eigenvalue weighted by molar-refractivity contribution is 5.37. The summed E-state index contributed by atoms with van der Waals surface area (Å²) in [6.07, 6.45) is 13.3. The molecule has 3 saturated carbocycles. The molecule has 0 aliphatic heterocycles. The number of ether oxygens (including phenoxy) is 3. The third-order valence-electron chi connectivity index (χ3n) is 10.6. The summed E-state index contributed by atoms with van der Waals surface area (Å²) in [5.41, 5.74) is 1.24. The quantitative estimate of drug-likeness (QED) is 0.477. The monoisotopic (exact) mass is 444 g/mol. The molecule has 0 radical (unpaired) electrons. The number of allylic oxidation sites excluding steroid dienone is 4. The van der Waals surface area contributed by atoms with Crippen LogP contribution >= 0.6 is 0 Å². The van der Waals surface area contributed by atoms with Crippen molar-refractivity contribution in [3.05, 3.63) is 23.5 Å². The molecule has 3 fully saturated rings. The molecule has 4 nitrogen and oxygen atoms in total. The van der Waals surface area contributed by atoms with Gasteiger partial charge in [-0.25, -0.2) is 0 Å². The van der Waals surface area contributed by atoms with Crippen molar-refractivity contribution in [3.8, 4) is 0 Å². The van der Waals surface area contributed by atoms with Gasteiger partial charge in [0.2, 0.25) is 0 Å². The Labute approximate surface area is 194 Å². The Bertz CT molecular complexity index is 782. The van der Waals surface area contributed by atoms with Crippen LogP contribution < -0.4 is 0 Å². The smallest absolute Gasteiger partial charge is 0.157 e. The van der Waals surface area contributed by atoms with Gasteiger partial charge in [-0.05, 0) is 104 Å². The SMILES string of the molecule is CCOC(CC[C@]1(O)[C@H]2C[C@H]2[C@H]2[C@@H]3CC=C4C=C(OC)CC[C@]4(C)[C@H]3CC[C@@]21C)OCC. The van der Waals surface area contributed by atoms with Gasteiger partial charge >= 0.3 is 0 Å². The zero-order valence-electron chi connectivity index (χ0n) is 20.9. The first-order valence-electron chi connectivity index (χ1n) is 13.2. The predicted molar refractivity (Wildman–Crippen MR) is 126 cm³/mol. The highest BCUT2D eigenvalue weighted by Gasteiger charge is 2.75. The fourth-order valence-electron chi connectivity index (χ4n) is 8.99. The minimum absolute atomic E-state index is 0.0224. The predicted octanol–water partition coefficient (Wildman–Crippen LogP) is 5.86. The van der Waals surface area contributed by atoms with Crippen LogP contribution in [-0.2, 0) is 14.2 Å². The van der Waals surface area contributed by atoms with Gasteiger partial charge in [0.05, 0.1) is 18.5 Å². The van der Waals surface area contributed by atoms with E-state index in [1.54, 1.807) is 7.11 Å². The number of fused-ring (bicyclic) bond motifs is 7. The maximum atomic E-state index is 12.2.